The largest absolute Gasteiger partial charge is 0.315 e. The van der Waals surface area contributed by atoms with E-state index < -0.39 is 10.0 Å². The summed E-state index contributed by atoms with van der Waals surface area (Å²) in [7, 11) is -1.40. The lowest BCUT2D eigenvalue weighted by Crippen LogP contribution is -2.41. The van der Waals surface area contributed by atoms with E-state index in [1.165, 1.54) is 4.31 Å². The van der Waals surface area contributed by atoms with Gasteiger partial charge in [-0.1, -0.05) is 6.92 Å². The molecular weight excluding hydrogens is 200 g/mol. The molecule has 0 bridgehead atoms. The summed E-state index contributed by atoms with van der Waals surface area (Å²) >= 11 is 0. The molecule has 0 aromatic rings. The van der Waals surface area contributed by atoms with Gasteiger partial charge < -0.3 is 5.32 Å². The van der Waals surface area contributed by atoms with E-state index >= 15 is 0 Å². The zero-order valence-corrected chi connectivity index (χ0v) is 9.97. The first-order valence-electron chi connectivity index (χ1n) is 5.17. The second kappa shape index (κ2) is 4.59. The normalized spacial score (nSPS) is 25.6. The van der Waals surface area contributed by atoms with Crippen molar-refractivity contribution in [2.75, 3.05) is 20.1 Å². The maximum atomic E-state index is 12.0. The summed E-state index contributed by atoms with van der Waals surface area (Å²) in [6, 6.07) is 0.0978. The second-order valence-electron chi connectivity index (χ2n) is 3.93. The van der Waals surface area contributed by atoms with Crippen molar-refractivity contribution in [3.8, 4) is 0 Å². The summed E-state index contributed by atoms with van der Waals surface area (Å²) in [5.41, 5.74) is 0. The van der Waals surface area contributed by atoms with Gasteiger partial charge in [0.2, 0.25) is 10.0 Å². The number of sulfonamides is 1. The van der Waals surface area contributed by atoms with Crippen molar-refractivity contribution in [2.24, 2.45) is 0 Å². The van der Waals surface area contributed by atoms with Gasteiger partial charge >= 0.3 is 0 Å². The Morgan fingerprint density at radius 2 is 2.21 bits per heavy atom. The third-order valence-electron chi connectivity index (χ3n) is 3.05. The molecule has 0 radical (unpaired) electrons. The van der Waals surface area contributed by atoms with Crippen molar-refractivity contribution in [1.29, 1.82) is 0 Å². The molecular formula is C9H20N2O2S. The van der Waals surface area contributed by atoms with Gasteiger partial charge in [-0.2, -0.15) is 0 Å². The van der Waals surface area contributed by atoms with Crippen molar-refractivity contribution >= 4 is 10.0 Å². The van der Waals surface area contributed by atoms with E-state index in [9.17, 15) is 8.42 Å². The number of hydrogen-bond donors (Lipinski definition) is 1. The summed E-state index contributed by atoms with van der Waals surface area (Å²) in [5, 5.41) is 2.86. The highest BCUT2D eigenvalue weighted by Crippen LogP contribution is 2.17. The molecule has 1 saturated heterocycles. The third-order valence-corrected chi connectivity index (χ3v) is 5.46. The second-order valence-corrected chi connectivity index (χ2v) is 6.21. The van der Waals surface area contributed by atoms with Gasteiger partial charge in [0.25, 0.3) is 0 Å². The lowest BCUT2D eigenvalue weighted by molar-refractivity contribution is 0.375. The Hall–Kier alpha value is -0.130. The van der Waals surface area contributed by atoms with Gasteiger partial charge in [0.05, 0.1) is 5.25 Å². The molecule has 0 amide bonds. The van der Waals surface area contributed by atoms with E-state index in [4.69, 9.17) is 0 Å². The van der Waals surface area contributed by atoms with Gasteiger partial charge in [-0.05, 0) is 26.3 Å². The summed E-state index contributed by atoms with van der Waals surface area (Å²) in [5.74, 6) is 0. The minimum absolute atomic E-state index is 0.0978. The predicted octanol–water partition coefficient (Wildman–Crippen LogP) is 0.408. The van der Waals surface area contributed by atoms with E-state index in [2.05, 4.69) is 5.32 Å². The maximum absolute atomic E-state index is 12.0. The number of rotatable bonds is 4. The molecule has 0 spiro atoms. The molecule has 1 rings (SSSR count). The van der Waals surface area contributed by atoms with E-state index in [1.54, 1.807) is 7.05 Å². The third kappa shape index (κ3) is 2.27. The van der Waals surface area contributed by atoms with Crippen LogP contribution in [0.3, 0.4) is 0 Å². The molecule has 84 valence electrons. The van der Waals surface area contributed by atoms with Crippen LogP contribution >= 0.6 is 0 Å². The Morgan fingerprint density at radius 1 is 1.57 bits per heavy atom. The average Bonchev–Trinajstić information content (AvgIpc) is 2.68. The Bertz CT molecular complexity index is 271. The molecule has 1 N–H and O–H groups in total. The first-order valence-corrected chi connectivity index (χ1v) is 6.68. The Kier molecular flexibility index (Phi) is 3.92. The first kappa shape index (κ1) is 11.9. The van der Waals surface area contributed by atoms with Gasteiger partial charge in [0.15, 0.2) is 0 Å². The molecule has 0 saturated carbocycles. The lowest BCUT2D eigenvalue weighted by Gasteiger charge is -2.26. The summed E-state index contributed by atoms with van der Waals surface area (Å²) in [4.78, 5) is 0. The summed E-state index contributed by atoms with van der Waals surface area (Å²) in [6.45, 7) is 5.37. The standard InChI is InChI=1S/C9H20N2O2S/c1-4-8(2)11(3)14(12,13)9-5-6-10-7-9/h8-10H,4-7H2,1-3H3. The maximum Gasteiger partial charge on any atom is 0.218 e. The molecule has 1 aliphatic rings. The predicted molar refractivity (Wildman–Crippen MR) is 57.7 cm³/mol. The lowest BCUT2D eigenvalue weighted by atomic mass is 10.3. The fourth-order valence-corrected chi connectivity index (χ4v) is 3.49. The van der Waals surface area contributed by atoms with E-state index in [-0.39, 0.29) is 11.3 Å². The topological polar surface area (TPSA) is 49.4 Å². The molecule has 5 heteroatoms. The van der Waals surface area contributed by atoms with Crippen LogP contribution in [-0.4, -0.2) is 44.2 Å². The SMILES string of the molecule is CCC(C)N(C)S(=O)(=O)C1CCNC1. The van der Waals surface area contributed by atoms with Crippen LogP contribution in [0.5, 0.6) is 0 Å². The number of nitrogens with one attached hydrogen (secondary N) is 1. The number of hydrogen-bond acceptors (Lipinski definition) is 3. The summed E-state index contributed by atoms with van der Waals surface area (Å²) < 4.78 is 25.6. The van der Waals surface area contributed by atoms with Crippen LogP contribution in [0, 0.1) is 0 Å². The molecule has 4 nitrogen and oxygen atoms in total. The van der Waals surface area contributed by atoms with E-state index in [1.807, 2.05) is 13.8 Å². The fraction of sp³-hybridized carbons (Fsp3) is 1.00. The molecule has 0 aliphatic carbocycles. The monoisotopic (exact) mass is 220 g/mol. The Morgan fingerprint density at radius 3 is 2.64 bits per heavy atom. The van der Waals surface area contributed by atoms with Crippen LogP contribution in [0.2, 0.25) is 0 Å². The van der Waals surface area contributed by atoms with Crippen molar-refractivity contribution in [3.05, 3.63) is 0 Å². The van der Waals surface area contributed by atoms with Gasteiger partial charge in [0, 0.05) is 19.6 Å². The molecule has 0 aromatic carbocycles. The summed E-state index contributed by atoms with van der Waals surface area (Å²) in [6.07, 6.45) is 1.60. The minimum atomic E-state index is -3.08. The van der Waals surface area contributed by atoms with Crippen molar-refractivity contribution < 1.29 is 8.42 Å². The highest BCUT2D eigenvalue weighted by atomic mass is 32.2. The van der Waals surface area contributed by atoms with Gasteiger partial charge in [-0.15, -0.1) is 0 Å². The van der Waals surface area contributed by atoms with Crippen LogP contribution in [0.25, 0.3) is 0 Å². The average molecular weight is 220 g/mol. The molecule has 2 unspecified atom stereocenters. The molecule has 1 fully saturated rings. The van der Waals surface area contributed by atoms with Crippen LogP contribution in [0.15, 0.2) is 0 Å². The Labute approximate surface area is 86.7 Å². The first-order chi connectivity index (χ1) is 6.50. The van der Waals surface area contributed by atoms with Crippen molar-refractivity contribution in [3.63, 3.8) is 0 Å². The highest BCUT2D eigenvalue weighted by Gasteiger charge is 2.33. The van der Waals surface area contributed by atoms with E-state index in [0.29, 0.717) is 6.54 Å². The quantitative estimate of drug-likeness (QED) is 0.746. The van der Waals surface area contributed by atoms with Gasteiger partial charge in [0.1, 0.15) is 0 Å². The molecule has 0 aromatic heterocycles. The fourth-order valence-electron chi connectivity index (χ4n) is 1.63. The minimum Gasteiger partial charge on any atom is -0.315 e. The molecule has 1 aliphatic heterocycles. The molecule has 14 heavy (non-hydrogen) atoms. The van der Waals surface area contributed by atoms with Crippen LogP contribution in [0.1, 0.15) is 26.7 Å². The van der Waals surface area contributed by atoms with Crippen molar-refractivity contribution in [1.82, 2.24) is 9.62 Å². The van der Waals surface area contributed by atoms with Gasteiger partial charge in [-0.25, -0.2) is 12.7 Å². The van der Waals surface area contributed by atoms with Crippen LogP contribution in [0.4, 0.5) is 0 Å². The smallest absolute Gasteiger partial charge is 0.218 e. The Balaban J connectivity index is 2.73. The molecule has 1 heterocycles. The van der Waals surface area contributed by atoms with Crippen LogP contribution < -0.4 is 5.32 Å². The van der Waals surface area contributed by atoms with Crippen LogP contribution in [-0.2, 0) is 10.0 Å². The highest BCUT2D eigenvalue weighted by molar-refractivity contribution is 7.89. The molecule has 2 atom stereocenters. The van der Waals surface area contributed by atoms with Crippen molar-refractivity contribution in [2.45, 2.75) is 38.0 Å². The van der Waals surface area contributed by atoms with E-state index in [0.717, 1.165) is 19.4 Å². The zero-order chi connectivity index (χ0) is 10.8. The zero-order valence-electron chi connectivity index (χ0n) is 9.16. The van der Waals surface area contributed by atoms with Gasteiger partial charge in [-0.3, -0.25) is 0 Å². The number of nitrogens with zero attached hydrogens (tertiary/aromatic N) is 1.